The van der Waals surface area contributed by atoms with Gasteiger partial charge in [-0.25, -0.2) is 8.42 Å². The maximum atomic E-state index is 12.0. The zero-order valence-corrected chi connectivity index (χ0v) is 11.7. The van der Waals surface area contributed by atoms with Gasteiger partial charge in [-0.3, -0.25) is 0 Å². The van der Waals surface area contributed by atoms with Crippen molar-refractivity contribution in [2.24, 2.45) is 5.92 Å². The number of nitrogens with one attached hydrogen (secondary N) is 1. The third-order valence-electron chi connectivity index (χ3n) is 2.75. The van der Waals surface area contributed by atoms with E-state index >= 15 is 0 Å². The number of halogens is 1. The molecule has 0 aliphatic carbocycles. The van der Waals surface area contributed by atoms with Crippen LogP contribution in [0.4, 0.5) is 0 Å². The second-order valence-electron chi connectivity index (χ2n) is 4.32. The van der Waals surface area contributed by atoms with Crippen molar-refractivity contribution >= 4 is 22.4 Å². The summed E-state index contributed by atoms with van der Waals surface area (Å²) in [5.41, 5.74) is 0. The van der Waals surface area contributed by atoms with Crippen LogP contribution in [0.15, 0.2) is 0 Å². The molecule has 98 valence electrons. The molecule has 0 spiro atoms. The van der Waals surface area contributed by atoms with Gasteiger partial charge >= 0.3 is 0 Å². The molecule has 1 N–H and O–H groups in total. The summed E-state index contributed by atoms with van der Waals surface area (Å²) in [7, 11) is -3.01. The first-order valence-electron chi connectivity index (χ1n) is 5.75. The highest BCUT2D eigenvalue weighted by molar-refractivity contribution is 7.89. The third-order valence-corrected chi connectivity index (χ3v) is 4.89. The van der Waals surface area contributed by atoms with Crippen molar-refractivity contribution in [1.82, 2.24) is 9.62 Å². The Hall–Kier alpha value is 0.160. The molecule has 0 amide bonds. The van der Waals surface area contributed by atoms with Crippen LogP contribution >= 0.6 is 12.4 Å². The third kappa shape index (κ3) is 4.99. The molecule has 1 aliphatic rings. The summed E-state index contributed by atoms with van der Waals surface area (Å²) in [5, 5.41) is 3.16. The fourth-order valence-corrected chi connectivity index (χ4v) is 3.80. The van der Waals surface area contributed by atoms with E-state index in [-0.39, 0.29) is 18.3 Å². The SMILES string of the molecule is CCCC(C)CS(=O)(=O)N1CCNCC1.Cl. The molecule has 0 aromatic rings. The van der Waals surface area contributed by atoms with Crippen molar-refractivity contribution in [1.29, 1.82) is 0 Å². The van der Waals surface area contributed by atoms with Crippen LogP contribution < -0.4 is 5.32 Å². The van der Waals surface area contributed by atoms with Crippen LogP contribution in [0.2, 0.25) is 0 Å². The van der Waals surface area contributed by atoms with Crippen molar-refractivity contribution < 1.29 is 8.42 Å². The fourth-order valence-electron chi connectivity index (χ4n) is 1.96. The van der Waals surface area contributed by atoms with Crippen LogP contribution in [-0.2, 0) is 10.0 Å². The molecule has 6 heteroatoms. The van der Waals surface area contributed by atoms with Crippen molar-refractivity contribution in [3.8, 4) is 0 Å². The van der Waals surface area contributed by atoms with Gasteiger partial charge in [-0.05, 0) is 12.3 Å². The molecular formula is C10H23ClN2O2S. The number of nitrogens with zero attached hydrogens (tertiary/aromatic N) is 1. The molecule has 4 nitrogen and oxygen atoms in total. The van der Waals surface area contributed by atoms with Crippen LogP contribution in [0.5, 0.6) is 0 Å². The summed E-state index contributed by atoms with van der Waals surface area (Å²) < 4.78 is 25.6. The molecule has 0 aromatic carbocycles. The lowest BCUT2D eigenvalue weighted by atomic mass is 10.1. The van der Waals surface area contributed by atoms with E-state index in [0.29, 0.717) is 18.8 Å². The summed E-state index contributed by atoms with van der Waals surface area (Å²) in [4.78, 5) is 0. The quantitative estimate of drug-likeness (QED) is 0.813. The molecule has 1 saturated heterocycles. The summed E-state index contributed by atoms with van der Waals surface area (Å²) in [6.45, 7) is 6.92. The number of sulfonamides is 1. The summed E-state index contributed by atoms with van der Waals surface area (Å²) in [6.07, 6.45) is 2.05. The van der Waals surface area contributed by atoms with Gasteiger partial charge in [0.05, 0.1) is 5.75 Å². The van der Waals surface area contributed by atoms with Gasteiger partial charge in [0, 0.05) is 26.2 Å². The average Bonchev–Trinajstić information content (AvgIpc) is 2.18. The second kappa shape index (κ2) is 7.48. The van der Waals surface area contributed by atoms with E-state index in [0.717, 1.165) is 25.9 Å². The molecule has 0 radical (unpaired) electrons. The molecule has 1 fully saturated rings. The zero-order valence-electron chi connectivity index (χ0n) is 10.1. The molecule has 1 atom stereocenters. The lowest BCUT2D eigenvalue weighted by Crippen LogP contribution is -2.47. The molecule has 0 aromatic heterocycles. The number of piperazine rings is 1. The maximum Gasteiger partial charge on any atom is 0.214 e. The molecule has 16 heavy (non-hydrogen) atoms. The van der Waals surface area contributed by atoms with Gasteiger partial charge in [-0.1, -0.05) is 20.3 Å². The van der Waals surface area contributed by atoms with E-state index in [1.165, 1.54) is 0 Å². The zero-order chi connectivity index (χ0) is 11.3. The van der Waals surface area contributed by atoms with E-state index in [4.69, 9.17) is 0 Å². The smallest absolute Gasteiger partial charge is 0.214 e. The predicted octanol–water partition coefficient (Wildman–Crippen LogP) is 1.08. The van der Waals surface area contributed by atoms with Crippen LogP contribution in [0.25, 0.3) is 0 Å². The average molecular weight is 271 g/mol. The second-order valence-corrected chi connectivity index (χ2v) is 6.34. The predicted molar refractivity (Wildman–Crippen MR) is 69.5 cm³/mol. The molecule has 0 saturated carbocycles. The van der Waals surface area contributed by atoms with Crippen LogP contribution in [0, 0.1) is 5.92 Å². The molecule has 0 bridgehead atoms. The molecule has 1 aliphatic heterocycles. The molecule has 1 heterocycles. The van der Waals surface area contributed by atoms with Gasteiger partial charge in [-0.15, -0.1) is 12.4 Å². The standard InChI is InChI=1S/C10H22N2O2S.ClH/c1-3-4-10(2)9-15(13,14)12-7-5-11-6-8-12;/h10-11H,3-9H2,1-2H3;1H. The Labute approximate surface area is 105 Å². The van der Waals surface area contributed by atoms with E-state index in [1.54, 1.807) is 4.31 Å². The van der Waals surface area contributed by atoms with Gasteiger partial charge in [0.15, 0.2) is 0 Å². The van der Waals surface area contributed by atoms with E-state index in [1.807, 2.05) is 6.92 Å². The first-order chi connectivity index (χ1) is 7.06. The van der Waals surface area contributed by atoms with Gasteiger partial charge in [0.2, 0.25) is 10.0 Å². The molecular weight excluding hydrogens is 248 g/mol. The highest BCUT2D eigenvalue weighted by Crippen LogP contribution is 2.12. The van der Waals surface area contributed by atoms with Crippen LogP contribution in [0.1, 0.15) is 26.7 Å². The minimum Gasteiger partial charge on any atom is -0.314 e. The lowest BCUT2D eigenvalue weighted by Gasteiger charge is -2.27. The normalized spacial score (nSPS) is 20.1. The number of rotatable bonds is 5. The minimum absolute atomic E-state index is 0. The summed E-state index contributed by atoms with van der Waals surface area (Å²) in [6, 6.07) is 0. The Morgan fingerprint density at radius 2 is 1.88 bits per heavy atom. The van der Waals surface area contributed by atoms with Gasteiger partial charge in [0.25, 0.3) is 0 Å². The van der Waals surface area contributed by atoms with Gasteiger partial charge < -0.3 is 5.32 Å². The first-order valence-corrected chi connectivity index (χ1v) is 7.35. The first kappa shape index (κ1) is 16.2. The van der Waals surface area contributed by atoms with Crippen molar-refractivity contribution in [3.05, 3.63) is 0 Å². The van der Waals surface area contributed by atoms with E-state index < -0.39 is 10.0 Å². The molecule has 1 rings (SSSR count). The van der Waals surface area contributed by atoms with Gasteiger partial charge in [0.1, 0.15) is 0 Å². The Balaban J connectivity index is 0.00000225. The highest BCUT2D eigenvalue weighted by Gasteiger charge is 2.25. The van der Waals surface area contributed by atoms with Crippen LogP contribution in [-0.4, -0.2) is 44.7 Å². The Morgan fingerprint density at radius 3 is 2.38 bits per heavy atom. The van der Waals surface area contributed by atoms with E-state index in [2.05, 4.69) is 12.2 Å². The maximum absolute atomic E-state index is 12.0. The summed E-state index contributed by atoms with van der Waals surface area (Å²) in [5.74, 6) is 0.579. The largest absolute Gasteiger partial charge is 0.314 e. The minimum atomic E-state index is -3.01. The topological polar surface area (TPSA) is 49.4 Å². The number of hydrogen-bond donors (Lipinski definition) is 1. The van der Waals surface area contributed by atoms with Crippen molar-refractivity contribution in [2.45, 2.75) is 26.7 Å². The fraction of sp³-hybridized carbons (Fsp3) is 1.00. The van der Waals surface area contributed by atoms with Crippen molar-refractivity contribution in [3.63, 3.8) is 0 Å². The monoisotopic (exact) mass is 270 g/mol. The lowest BCUT2D eigenvalue weighted by molar-refractivity contribution is 0.356. The van der Waals surface area contributed by atoms with Crippen molar-refractivity contribution in [2.75, 3.05) is 31.9 Å². The Bertz CT molecular complexity index is 277. The Kier molecular flexibility index (Phi) is 7.55. The van der Waals surface area contributed by atoms with Crippen LogP contribution in [0.3, 0.4) is 0 Å². The van der Waals surface area contributed by atoms with Gasteiger partial charge in [-0.2, -0.15) is 4.31 Å². The summed E-state index contributed by atoms with van der Waals surface area (Å²) >= 11 is 0. The highest BCUT2D eigenvalue weighted by atomic mass is 35.5. The number of hydrogen-bond acceptors (Lipinski definition) is 3. The van der Waals surface area contributed by atoms with E-state index in [9.17, 15) is 8.42 Å². The molecule has 1 unspecified atom stereocenters. The Morgan fingerprint density at radius 1 is 1.31 bits per heavy atom.